The number of nitrogens with zero attached hydrogens (tertiary/aromatic N) is 3. The summed E-state index contributed by atoms with van der Waals surface area (Å²) in [7, 11) is 1.22. The molecule has 0 radical (unpaired) electrons. The number of phenolic OH excluding ortho intramolecular Hbond substituents is 1. The Kier molecular flexibility index (Phi) is 7.11. The van der Waals surface area contributed by atoms with Crippen molar-refractivity contribution in [1.82, 2.24) is 8.87 Å². The minimum Gasteiger partial charge on any atom is -0.508 e. The molecule has 6 nitrogen and oxygen atoms in total. The number of rotatable bonds is 4. The second-order valence-electron chi connectivity index (χ2n) is 6.05. The third-order valence-electron chi connectivity index (χ3n) is 3.94. The predicted molar refractivity (Wildman–Crippen MR) is 118 cm³/mol. The molecule has 1 N–H and O–H groups in total. The average molecular weight is 505 g/mol. The molecule has 0 amide bonds. The fourth-order valence-corrected chi connectivity index (χ4v) is 4.64. The van der Waals surface area contributed by atoms with Crippen molar-refractivity contribution in [3.63, 3.8) is 0 Å². The lowest BCUT2D eigenvalue weighted by atomic mass is 10.2. The van der Waals surface area contributed by atoms with E-state index in [2.05, 4.69) is 4.99 Å². The summed E-state index contributed by atoms with van der Waals surface area (Å²) < 4.78 is 27.9. The van der Waals surface area contributed by atoms with Gasteiger partial charge < -0.3 is 9.67 Å². The molecule has 0 unspecified atom stereocenters. The van der Waals surface area contributed by atoms with E-state index in [1.165, 1.54) is 31.5 Å². The number of aromatic nitrogens is 1. The van der Waals surface area contributed by atoms with Crippen LogP contribution in [0.5, 0.6) is 5.75 Å². The van der Waals surface area contributed by atoms with Gasteiger partial charge in [-0.2, -0.15) is 0 Å². The van der Waals surface area contributed by atoms with Gasteiger partial charge in [-0.15, -0.1) is 28.3 Å². The minimum absolute atomic E-state index is 0. The number of benzene rings is 2. The summed E-state index contributed by atoms with van der Waals surface area (Å²) >= 11 is 7.60. The van der Waals surface area contributed by atoms with Crippen LogP contribution in [0.1, 0.15) is 0 Å². The van der Waals surface area contributed by atoms with Gasteiger partial charge in [-0.1, -0.05) is 11.6 Å². The SMILES string of the molecule is Br.CN(C)S(=O)(=O)c1cc(Cl)cc(-c2cs/c(=N/c3ccc(O)cc3)n2C)c1. The summed E-state index contributed by atoms with van der Waals surface area (Å²) in [6.07, 6.45) is 0. The molecule has 2 aromatic carbocycles. The summed E-state index contributed by atoms with van der Waals surface area (Å²) in [5, 5.41) is 11.6. The highest BCUT2D eigenvalue weighted by Gasteiger charge is 2.19. The summed E-state index contributed by atoms with van der Waals surface area (Å²) in [6, 6.07) is 11.3. The van der Waals surface area contributed by atoms with Crippen LogP contribution in [0, 0.1) is 0 Å². The number of sulfonamides is 1. The lowest BCUT2D eigenvalue weighted by molar-refractivity contribution is 0.475. The maximum absolute atomic E-state index is 12.5. The molecule has 1 aromatic heterocycles. The molecule has 0 bridgehead atoms. The highest BCUT2D eigenvalue weighted by molar-refractivity contribution is 8.93. The van der Waals surface area contributed by atoms with Gasteiger partial charge in [0.1, 0.15) is 5.75 Å². The highest BCUT2D eigenvalue weighted by Crippen LogP contribution is 2.28. The highest BCUT2D eigenvalue weighted by atomic mass is 79.9. The van der Waals surface area contributed by atoms with Gasteiger partial charge in [0.2, 0.25) is 10.0 Å². The molecule has 1 heterocycles. The van der Waals surface area contributed by atoms with Crippen molar-refractivity contribution in [2.75, 3.05) is 14.1 Å². The maximum Gasteiger partial charge on any atom is 0.242 e. The normalized spacial score (nSPS) is 12.2. The first-order valence-corrected chi connectivity index (χ1v) is 10.6. The van der Waals surface area contributed by atoms with Crippen molar-refractivity contribution in [2.45, 2.75) is 4.90 Å². The Morgan fingerprint density at radius 3 is 2.39 bits per heavy atom. The monoisotopic (exact) mass is 503 g/mol. The first-order valence-electron chi connectivity index (χ1n) is 7.90. The van der Waals surface area contributed by atoms with Gasteiger partial charge in [-0.3, -0.25) is 0 Å². The van der Waals surface area contributed by atoms with E-state index in [0.29, 0.717) is 16.3 Å². The van der Waals surface area contributed by atoms with Crippen LogP contribution in [-0.2, 0) is 17.1 Å². The molecule has 3 aromatic rings. The average Bonchev–Trinajstić information content (AvgIpc) is 2.97. The summed E-state index contributed by atoms with van der Waals surface area (Å²) in [5.74, 6) is 0.179. The van der Waals surface area contributed by atoms with E-state index < -0.39 is 10.0 Å². The molecule has 3 rings (SSSR count). The zero-order chi connectivity index (χ0) is 19.8. The van der Waals surface area contributed by atoms with Crippen LogP contribution in [0.4, 0.5) is 5.69 Å². The molecular formula is C18H19BrClN3O3S2. The van der Waals surface area contributed by atoms with Crippen LogP contribution >= 0.6 is 39.9 Å². The van der Waals surface area contributed by atoms with Crippen LogP contribution in [-0.4, -0.2) is 36.5 Å². The summed E-state index contributed by atoms with van der Waals surface area (Å²) in [6.45, 7) is 0. The van der Waals surface area contributed by atoms with E-state index in [1.54, 1.807) is 36.4 Å². The Labute approximate surface area is 183 Å². The molecular weight excluding hydrogens is 486 g/mol. The quantitative estimate of drug-likeness (QED) is 0.579. The molecule has 0 aliphatic heterocycles. The first-order chi connectivity index (χ1) is 12.7. The molecule has 0 atom stereocenters. The molecule has 0 spiro atoms. The second-order valence-corrected chi connectivity index (χ2v) is 9.48. The maximum atomic E-state index is 12.5. The van der Waals surface area contributed by atoms with E-state index in [9.17, 15) is 13.5 Å². The Hall–Kier alpha value is -1.65. The van der Waals surface area contributed by atoms with Gasteiger partial charge in [0.15, 0.2) is 4.80 Å². The smallest absolute Gasteiger partial charge is 0.242 e. The van der Waals surface area contributed by atoms with Gasteiger partial charge in [0, 0.05) is 37.1 Å². The molecule has 0 saturated carbocycles. The predicted octanol–water partition coefficient (Wildman–Crippen LogP) is 4.17. The third kappa shape index (κ3) is 4.66. The molecule has 28 heavy (non-hydrogen) atoms. The van der Waals surface area contributed by atoms with Gasteiger partial charge >= 0.3 is 0 Å². The van der Waals surface area contributed by atoms with Gasteiger partial charge in [-0.25, -0.2) is 17.7 Å². The van der Waals surface area contributed by atoms with E-state index >= 15 is 0 Å². The number of halogens is 2. The summed E-state index contributed by atoms with van der Waals surface area (Å²) in [4.78, 5) is 5.43. The number of hydrogen-bond donors (Lipinski definition) is 1. The third-order valence-corrected chi connectivity index (χ3v) is 6.87. The minimum atomic E-state index is -3.59. The topological polar surface area (TPSA) is 74.9 Å². The van der Waals surface area contributed by atoms with Crippen LogP contribution < -0.4 is 4.80 Å². The Morgan fingerprint density at radius 1 is 1.14 bits per heavy atom. The molecule has 150 valence electrons. The zero-order valence-electron chi connectivity index (χ0n) is 15.3. The van der Waals surface area contributed by atoms with Crippen molar-refractivity contribution in [2.24, 2.45) is 12.0 Å². The Bertz CT molecular complexity index is 1150. The summed E-state index contributed by atoms with van der Waals surface area (Å²) in [5.41, 5.74) is 2.20. The van der Waals surface area contributed by atoms with Crippen molar-refractivity contribution in [3.05, 3.63) is 57.7 Å². The molecule has 0 saturated heterocycles. The van der Waals surface area contributed by atoms with Crippen LogP contribution in [0.15, 0.2) is 57.7 Å². The van der Waals surface area contributed by atoms with E-state index in [-0.39, 0.29) is 27.6 Å². The van der Waals surface area contributed by atoms with Crippen LogP contribution in [0.2, 0.25) is 5.02 Å². The fourth-order valence-electron chi connectivity index (χ4n) is 2.44. The van der Waals surface area contributed by atoms with Gasteiger partial charge in [0.05, 0.1) is 16.3 Å². The molecule has 0 aliphatic rings. The molecule has 0 aliphatic carbocycles. The Morgan fingerprint density at radius 2 is 1.79 bits per heavy atom. The fraction of sp³-hybridized carbons (Fsp3) is 0.167. The standard InChI is InChI=1S/C18H18ClN3O3S2.BrH/c1-21(2)27(24,25)16-9-12(8-13(19)10-16)17-11-26-18(22(17)3)20-14-4-6-15(23)7-5-14;/h4-11,23H,1-3H3;1H/b20-18+;. The lowest BCUT2D eigenvalue weighted by Crippen LogP contribution is -2.22. The number of hydrogen-bond acceptors (Lipinski definition) is 5. The lowest BCUT2D eigenvalue weighted by Gasteiger charge is -2.13. The zero-order valence-corrected chi connectivity index (χ0v) is 19.4. The molecule has 10 heteroatoms. The van der Waals surface area contributed by atoms with Crippen molar-refractivity contribution < 1.29 is 13.5 Å². The van der Waals surface area contributed by atoms with E-state index in [4.69, 9.17) is 11.6 Å². The van der Waals surface area contributed by atoms with Crippen LogP contribution in [0.3, 0.4) is 0 Å². The van der Waals surface area contributed by atoms with Crippen molar-refractivity contribution >= 4 is 55.6 Å². The largest absolute Gasteiger partial charge is 0.508 e. The van der Waals surface area contributed by atoms with Gasteiger partial charge in [0.25, 0.3) is 0 Å². The first kappa shape index (κ1) is 22.6. The van der Waals surface area contributed by atoms with Crippen molar-refractivity contribution in [3.8, 4) is 17.0 Å². The van der Waals surface area contributed by atoms with Crippen LogP contribution in [0.25, 0.3) is 11.3 Å². The number of thiazole rings is 1. The van der Waals surface area contributed by atoms with E-state index in [1.807, 2.05) is 17.0 Å². The second kappa shape index (κ2) is 8.79. The number of aromatic hydroxyl groups is 1. The van der Waals surface area contributed by atoms with E-state index in [0.717, 1.165) is 14.8 Å². The molecule has 0 fully saturated rings. The van der Waals surface area contributed by atoms with Gasteiger partial charge in [-0.05, 0) is 42.5 Å². The van der Waals surface area contributed by atoms with Crippen molar-refractivity contribution in [1.29, 1.82) is 0 Å². The Balaban J connectivity index is 0.00000280. The number of phenols is 1.